The van der Waals surface area contributed by atoms with Gasteiger partial charge in [0.1, 0.15) is 11.5 Å². The number of nitrogens with one attached hydrogen (secondary N) is 1. The van der Waals surface area contributed by atoms with Crippen molar-refractivity contribution in [3.8, 4) is 5.75 Å². The topological polar surface area (TPSA) is 95.5 Å². The number of fused-ring (bicyclic) bond motifs is 1. The van der Waals surface area contributed by atoms with Gasteiger partial charge in [0.2, 0.25) is 0 Å². The Morgan fingerprint density at radius 2 is 2.00 bits per heavy atom. The summed E-state index contributed by atoms with van der Waals surface area (Å²) in [5.41, 5.74) is 2.68. The highest BCUT2D eigenvalue weighted by molar-refractivity contribution is 6.47. The Kier molecular flexibility index (Phi) is 6.43. The van der Waals surface area contributed by atoms with Crippen LogP contribution in [0.15, 0.2) is 72.7 Å². The van der Waals surface area contributed by atoms with E-state index in [0.717, 1.165) is 22.2 Å². The summed E-state index contributed by atoms with van der Waals surface area (Å²) in [4.78, 5) is 35.3. The summed E-state index contributed by atoms with van der Waals surface area (Å²) in [6, 6.07) is 12.9. The number of hydrogen-bond donors (Lipinski definition) is 2. The second kappa shape index (κ2) is 9.68. The Labute approximate surface area is 216 Å². The third-order valence-corrected chi connectivity index (χ3v) is 6.87. The van der Waals surface area contributed by atoms with Crippen LogP contribution in [0.2, 0.25) is 10.0 Å². The van der Waals surface area contributed by atoms with Crippen molar-refractivity contribution in [1.82, 2.24) is 14.9 Å². The number of benzene rings is 2. The van der Waals surface area contributed by atoms with Crippen molar-refractivity contribution in [3.63, 3.8) is 0 Å². The third kappa shape index (κ3) is 4.21. The van der Waals surface area contributed by atoms with Crippen LogP contribution < -0.4 is 4.74 Å². The van der Waals surface area contributed by atoms with E-state index in [1.165, 1.54) is 17.0 Å². The number of aromatic nitrogens is 2. The van der Waals surface area contributed by atoms with Gasteiger partial charge in [-0.05, 0) is 60.0 Å². The number of halogens is 2. The molecule has 36 heavy (non-hydrogen) atoms. The molecule has 0 spiro atoms. The van der Waals surface area contributed by atoms with Crippen LogP contribution in [0, 0.1) is 0 Å². The number of rotatable bonds is 6. The van der Waals surface area contributed by atoms with Crippen molar-refractivity contribution < 1.29 is 19.4 Å². The van der Waals surface area contributed by atoms with E-state index in [0.29, 0.717) is 17.0 Å². The maximum atomic E-state index is 13.2. The summed E-state index contributed by atoms with van der Waals surface area (Å²) in [7, 11) is 1.60. The lowest BCUT2D eigenvalue weighted by Crippen LogP contribution is -2.31. The Morgan fingerprint density at radius 1 is 1.17 bits per heavy atom. The van der Waals surface area contributed by atoms with Gasteiger partial charge in [0, 0.05) is 46.6 Å². The molecule has 1 fully saturated rings. The number of ether oxygens (including phenoxy) is 1. The van der Waals surface area contributed by atoms with Crippen LogP contribution >= 0.6 is 23.2 Å². The van der Waals surface area contributed by atoms with Gasteiger partial charge < -0.3 is 19.7 Å². The molecule has 182 valence electrons. The lowest BCUT2D eigenvalue weighted by atomic mass is 9.96. The van der Waals surface area contributed by atoms with Crippen molar-refractivity contribution in [1.29, 1.82) is 0 Å². The lowest BCUT2D eigenvalue weighted by molar-refractivity contribution is -0.139. The number of aromatic amines is 1. The molecule has 1 unspecified atom stereocenters. The molecule has 1 amide bonds. The maximum absolute atomic E-state index is 13.2. The Hall–Kier alpha value is -3.81. The van der Waals surface area contributed by atoms with Crippen LogP contribution in [0.4, 0.5) is 0 Å². The number of Topliss-reactive ketones (excluding diaryl/α,β-unsaturated/α-hetero) is 1. The molecule has 0 saturated carbocycles. The number of aliphatic hydroxyl groups is 1. The van der Waals surface area contributed by atoms with Gasteiger partial charge in [0.15, 0.2) is 0 Å². The van der Waals surface area contributed by atoms with Gasteiger partial charge in [-0.2, -0.15) is 0 Å². The molecule has 1 aliphatic rings. The number of hydrogen-bond acceptors (Lipinski definition) is 5. The number of carbonyl (C=O) groups excluding carboxylic acids is 2. The molecule has 3 heterocycles. The van der Waals surface area contributed by atoms with E-state index < -0.39 is 17.7 Å². The summed E-state index contributed by atoms with van der Waals surface area (Å²) in [5, 5.41) is 12.7. The minimum Gasteiger partial charge on any atom is -0.507 e. The van der Waals surface area contributed by atoms with E-state index in [-0.39, 0.29) is 28.5 Å². The predicted molar refractivity (Wildman–Crippen MR) is 138 cm³/mol. The van der Waals surface area contributed by atoms with Crippen molar-refractivity contribution in [2.45, 2.75) is 12.5 Å². The minimum atomic E-state index is -0.829. The van der Waals surface area contributed by atoms with Crippen LogP contribution in [-0.4, -0.2) is 45.3 Å². The first-order valence-corrected chi connectivity index (χ1v) is 11.9. The van der Waals surface area contributed by atoms with E-state index in [1.807, 2.05) is 24.4 Å². The average molecular weight is 522 g/mol. The van der Waals surface area contributed by atoms with Crippen LogP contribution in [0.1, 0.15) is 22.7 Å². The zero-order valence-electron chi connectivity index (χ0n) is 19.2. The van der Waals surface area contributed by atoms with Crippen LogP contribution in [0.25, 0.3) is 16.7 Å². The zero-order valence-corrected chi connectivity index (χ0v) is 20.7. The molecule has 4 aromatic rings. The summed E-state index contributed by atoms with van der Waals surface area (Å²) in [6.07, 6.45) is 5.54. The van der Waals surface area contributed by atoms with Crippen molar-refractivity contribution in [2.75, 3.05) is 13.7 Å². The second-order valence-electron chi connectivity index (χ2n) is 8.38. The van der Waals surface area contributed by atoms with Crippen molar-refractivity contribution in [3.05, 3.63) is 99.4 Å². The average Bonchev–Trinajstić information content (AvgIpc) is 3.40. The number of carbonyl (C=O) groups is 2. The van der Waals surface area contributed by atoms with Gasteiger partial charge >= 0.3 is 0 Å². The van der Waals surface area contributed by atoms with E-state index >= 15 is 0 Å². The predicted octanol–water partition coefficient (Wildman–Crippen LogP) is 5.54. The van der Waals surface area contributed by atoms with Crippen molar-refractivity contribution >= 4 is 51.6 Å². The molecular weight excluding hydrogens is 501 g/mol. The fourth-order valence-electron chi connectivity index (χ4n) is 4.55. The molecule has 2 N–H and O–H groups in total. The van der Waals surface area contributed by atoms with Gasteiger partial charge in [-0.25, -0.2) is 0 Å². The number of likely N-dealkylation sites (tertiary alicyclic amines) is 1. The first-order chi connectivity index (χ1) is 17.4. The smallest absolute Gasteiger partial charge is 0.295 e. The molecule has 0 bridgehead atoms. The molecule has 0 radical (unpaired) electrons. The number of H-pyrrole nitrogens is 1. The largest absolute Gasteiger partial charge is 0.507 e. The molecule has 9 heteroatoms. The van der Waals surface area contributed by atoms with Crippen LogP contribution in [0.3, 0.4) is 0 Å². The lowest BCUT2D eigenvalue weighted by Gasteiger charge is -2.25. The molecule has 1 saturated heterocycles. The number of amides is 1. The summed E-state index contributed by atoms with van der Waals surface area (Å²) < 4.78 is 5.35. The Morgan fingerprint density at radius 3 is 2.72 bits per heavy atom. The van der Waals surface area contributed by atoms with E-state index in [2.05, 4.69) is 9.97 Å². The Bertz CT molecular complexity index is 1510. The van der Waals surface area contributed by atoms with Crippen LogP contribution in [-0.2, 0) is 16.0 Å². The SMILES string of the molecule is COc1ccc2[nH]cc(CCN3C(=O)C(=O)/C(=C(\O)c4ccc(Cl)cc4Cl)C3c3cccnc3)c2c1. The van der Waals surface area contributed by atoms with E-state index in [1.54, 1.807) is 37.7 Å². The third-order valence-electron chi connectivity index (χ3n) is 6.32. The van der Waals surface area contributed by atoms with Gasteiger partial charge in [0.05, 0.1) is 23.7 Å². The number of methoxy groups -OCH3 is 1. The Balaban J connectivity index is 1.56. The quantitative estimate of drug-likeness (QED) is 0.197. The fraction of sp³-hybridized carbons (Fsp3) is 0.148. The molecular formula is C27H21Cl2N3O4. The highest BCUT2D eigenvalue weighted by atomic mass is 35.5. The summed E-state index contributed by atoms with van der Waals surface area (Å²) in [6.45, 7) is 0.236. The molecule has 1 atom stereocenters. The molecule has 7 nitrogen and oxygen atoms in total. The molecule has 2 aromatic carbocycles. The highest BCUT2D eigenvalue weighted by Gasteiger charge is 2.46. The monoisotopic (exact) mass is 521 g/mol. The standard InChI is InChI=1S/C27H21Cl2N3O4/c1-36-18-5-7-22-20(12-18)15(14-31-22)8-10-32-24(16-3-2-9-30-13-16)23(26(34)27(32)35)25(33)19-6-4-17(28)11-21(19)29/h2-7,9,11-14,24,31,33H,8,10H2,1H3/b25-23-. The molecule has 1 aliphatic heterocycles. The van der Waals surface area contributed by atoms with Gasteiger partial charge in [0.25, 0.3) is 11.7 Å². The molecule has 0 aliphatic carbocycles. The van der Waals surface area contributed by atoms with E-state index in [4.69, 9.17) is 27.9 Å². The van der Waals surface area contributed by atoms with Gasteiger partial charge in [-0.1, -0.05) is 29.3 Å². The van der Waals surface area contributed by atoms with Gasteiger partial charge in [-0.15, -0.1) is 0 Å². The zero-order chi connectivity index (χ0) is 25.4. The van der Waals surface area contributed by atoms with Crippen molar-refractivity contribution in [2.24, 2.45) is 0 Å². The first-order valence-electron chi connectivity index (χ1n) is 11.2. The first kappa shape index (κ1) is 23.9. The number of aliphatic hydroxyl groups excluding tert-OH is 1. The molecule has 2 aromatic heterocycles. The minimum absolute atomic E-state index is 0.0437. The second-order valence-corrected chi connectivity index (χ2v) is 9.22. The summed E-state index contributed by atoms with van der Waals surface area (Å²) >= 11 is 12.3. The van der Waals surface area contributed by atoms with Crippen LogP contribution in [0.5, 0.6) is 5.75 Å². The number of pyridine rings is 1. The maximum Gasteiger partial charge on any atom is 0.295 e. The highest BCUT2D eigenvalue weighted by Crippen LogP contribution is 2.40. The fourth-order valence-corrected chi connectivity index (χ4v) is 5.05. The number of nitrogens with zero attached hydrogens (tertiary/aromatic N) is 2. The van der Waals surface area contributed by atoms with E-state index in [9.17, 15) is 14.7 Å². The van der Waals surface area contributed by atoms with Gasteiger partial charge in [-0.3, -0.25) is 14.6 Å². The number of ketones is 1. The normalized spacial score (nSPS) is 17.2. The summed E-state index contributed by atoms with van der Waals surface area (Å²) in [5.74, 6) is -1.12. The molecule has 5 rings (SSSR count).